The molecule has 3 heteroatoms. The van der Waals surface area contributed by atoms with Crippen LogP contribution in [0.2, 0.25) is 5.02 Å². The zero-order valence-electron chi connectivity index (χ0n) is 14.0. The predicted molar refractivity (Wildman–Crippen MR) is 89.6 cm³/mol. The van der Waals surface area contributed by atoms with Crippen LogP contribution in [0.25, 0.3) is 0 Å². The van der Waals surface area contributed by atoms with E-state index in [1.54, 1.807) is 0 Å². The van der Waals surface area contributed by atoms with Crippen LogP contribution in [0.15, 0.2) is 6.07 Å². The minimum atomic E-state index is -0.153. The van der Waals surface area contributed by atoms with Gasteiger partial charge in [-0.1, -0.05) is 39.3 Å². The molecule has 0 spiro atoms. The van der Waals surface area contributed by atoms with Gasteiger partial charge in [-0.05, 0) is 43.4 Å². The summed E-state index contributed by atoms with van der Waals surface area (Å²) in [4.78, 5) is 12.5. The van der Waals surface area contributed by atoms with Crippen LogP contribution in [-0.4, -0.2) is 12.4 Å². The molecule has 0 bridgehead atoms. The number of hydrogen-bond acceptors (Lipinski definition) is 2. The van der Waals surface area contributed by atoms with Gasteiger partial charge in [0.2, 0.25) is 0 Å². The predicted octanol–water partition coefficient (Wildman–Crippen LogP) is 5.46. The highest BCUT2D eigenvalue weighted by atomic mass is 35.5. The number of ether oxygens (including phenoxy) is 1. The van der Waals surface area contributed by atoms with Crippen molar-refractivity contribution >= 4 is 17.4 Å². The number of rotatable bonds is 7. The van der Waals surface area contributed by atoms with Gasteiger partial charge in [-0.3, -0.25) is 4.79 Å². The molecule has 0 heterocycles. The Balaban J connectivity index is 3.51. The average molecular weight is 311 g/mol. The largest absolute Gasteiger partial charge is 0.493 e. The summed E-state index contributed by atoms with van der Waals surface area (Å²) in [6.07, 6.45) is 1.47. The zero-order valence-corrected chi connectivity index (χ0v) is 14.8. The lowest BCUT2D eigenvalue weighted by molar-refractivity contribution is -0.121. The molecule has 118 valence electrons. The molecule has 0 amide bonds. The molecule has 1 atom stereocenters. The Bertz CT molecular complexity index is 506. The number of Topliss-reactive ketones (excluding diaryl/α,β-unsaturated/α-hetero) is 1. The molecular formula is C18H27ClO2. The lowest BCUT2D eigenvalue weighted by Gasteiger charge is -2.26. The van der Waals surface area contributed by atoms with E-state index in [2.05, 4.69) is 20.8 Å². The summed E-state index contributed by atoms with van der Waals surface area (Å²) in [7, 11) is 0. The standard InChI is InChI=1S/C18H27ClO2/c1-7-9-21-18-12(5)10-14(19)13(6)17(18)16(11(3)4)15(20)8-2/h10-11,16H,7-9H2,1-6H3. The Morgan fingerprint density at radius 1 is 1.29 bits per heavy atom. The molecule has 0 saturated carbocycles. The number of ketones is 1. The number of carbonyl (C=O) groups excluding carboxylic acids is 1. The Labute approximate surface area is 133 Å². The first-order chi connectivity index (χ1) is 9.84. The molecule has 0 aliphatic rings. The van der Waals surface area contributed by atoms with Gasteiger partial charge in [0.1, 0.15) is 11.5 Å². The van der Waals surface area contributed by atoms with Crippen molar-refractivity contribution in [1.82, 2.24) is 0 Å². The van der Waals surface area contributed by atoms with E-state index in [4.69, 9.17) is 16.3 Å². The Morgan fingerprint density at radius 2 is 1.90 bits per heavy atom. The second kappa shape index (κ2) is 7.84. The molecular weight excluding hydrogens is 284 g/mol. The Kier molecular flexibility index (Phi) is 6.73. The summed E-state index contributed by atoms with van der Waals surface area (Å²) in [5.74, 6) is 1.16. The van der Waals surface area contributed by atoms with E-state index >= 15 is 0 Å². The molecule has 0 aliphatic heterocycles. The van der Waals surface area contributed by atoms with Crippen molar-refractivity contribution in [2.24, 2.45) is 5.92 Å². The van der Waals surface area contributed by atoms with Gasteiger partial charge in [0, 0.05) is 22.9 Å². The number of halogens is 1. The maximum Gasteiger partial charge on any atom is 0.140 e. The van der Waals surface area contributed by atoms with E-state index in [1.807, 2.05) is 26.8 Å². The third kappa shape index (κ3) is 4.00. The van der Waals surface area contributed by atoms with Gasteiger partial charge in [-0.2, -0.15) is 0 Å². The lowest BCUT2D eigenvalue weighted by Crippen LogP contribution is -2.20. The van der Waals surface area contributed by atoms with Crippen molar-refractivity contribution in [2.75, 3.05) is 6.61 Å². The van der Waals surface area contributed by atoms with E-state index < -0.39 is 0 Å². The molecule has 0 radical (unpaired) electrons. The van der Waals surface area contributed by atoms with Gasteiger partial charge in [-0.25, -0.2) is 0 Å². The van der Waals surface area contributed by atoms with Crippen LogP contribution in [0.4, 0.5) is 0 Å². The summed E-state index contributed by atoms with van der Waals surface area (Å²) in [5.41, 5.74) is 2.95. The Hall–Kier alpha value is -1.02. The van der Waals surface area contributed by atoms with Gasteiger partial charge in [-0.15, -0.1) is 0 Å². The summed E-state index contributed by atoms with van der Waals surface area (Å²) < 4.78 is 5.97. The molecule has 1 rings (SSSR count). The number of benzene rings is 1. The number of aryl methyl sites for hydroxylation is 1. The van der Waals surface area contributed by atoms with Crippen LogP contribution >= 0.6 is 11.6 Å². The van der Waals surface area contributed by atoms with Crippen LogP contribution in [0.3, 0.4) is 0 Å². The minimum absolute atomic E-state index is 0.153. The first-order valence-electron chi connectivity index (χ1n) is 7.80. The highest BCUT2D eigenvalue weighted by molar-refractivity contribution is 6.31. The SMILES string of the molecule is CCCOc1c(C)cc(Cl)c(C)c1C(C(=O)CC)C(C)C. The molecule has 0 aromatic heterocycles. The van der Waals surface area contributed by atoms with Crippen molar-refractivity contribution in [2.45, 2.75) is 60.3 Å². The maximum absolute atomic E-state index is 12.5. The fourth-order valence-electron chi connectivity index (χ4n) is 2.73. The number of hydrogen-bond donors (Lipinski definition) is 0. The molecule has 0 saturated heterocycles. The van der Waals surface area contributed by atoms with Crippen LogP contribution in [0.5, 0.6) is 5.75 Å². The van der Waals surface area contributed by atoms with Crippen molar-refractivity contribution in [1.29, 1.82) is 0 Å². The van der Waals surface area contributed by atoms with E-state index in [-0.39, 0.29) is 17.6 Å². The highest BCUT2D eigenvalue weighted by Crippen LogP contribution is 2.41. The topological polar surface area (TPSA) is 26.3 Å². The maximum atomic E-state index is 12.5. The molecule has 2 nitrogen and oxygen atoms in total. The van der Waals surface area contributed by atoms with Gasteiger partial charge in [0.25, 0.3) is 0 Å². The first kappa shape index (κ1) is 18.0. The van der Waals surface area contributed by atoms with Crippen LogP contribution in [-0.2, 0) is 4.79 Å². The normalized spacial score (nSPS) is 12.6. The van der Waals surface area contributed by atoms with E-state index in [9.17, 15) is 4.79 Å². The van der Waals surface area contributed by atoms with Gasteiger partial charge < -0.3 is 4.74 Å². The summed E-state index contributed by atoms with van der Waals surface area (Å²) in [6, 6.07) is 1.93. The quantitative estimate of drug-likeness (QED) is 0.668. The van der Waals surface area contributed by atoms with Crippen molar-refractivity contribution in [3.05, 3.63) is 27.8 Å². The van der Waals surface area contributed by atoms with E-state index in [0.717, 1.165) is 28.9 Å². The zero-order chi connectivity index (χ0) is 16.2. The molecule has 1 aromatic rings. The molecule has 1 unspecified atom stereocenters. The lowest BCUT2D eigenvalue weighted by atomic mass is 9.80. The monoisotopic (exact) mass is 310 g/mol. The van der Waals surface area contributed by atoms with Crippen LogP contribution < -0.4 is 4.74 Å². The first-order valence-corrected chi connectivity index (χ1v) is 8.17. The third-order valence-electron chi connectivity index (χ3n) is 3.83. The molecule has 21 heavy (non-hydrogen) atoms. The third-order valence-corrected chi connectivity index (χ3v) is 4.22. The van der Waals surface area contributed by atoms with E-state index in [0.29, 0.717) is 18.1 Å². The van der Waals surface area contributed by atoms with E-state index in [1.165, 1.54) is 0 Å². The average Bonchev–Trinajstić information content (AvgIpc) is 2.43. The van der Waals surface area contributed by atoms with Gasteiger partial charge in [0.15, 0.2) is 0 Å². The second-order valence-corrected chi connectivity index (χ2v) is 6.34. The summed E-state index contributed by atoms with van der Waals surface area (Å²) in [6.45, 7) is 12.8. The summed E-state index contributed by atoms with van der Waals surface area (Å²) >= 11 is 6.35. The molecule has 0 N–H and O–H groups in total. The molecule has 0 aliphatic carbocycles. The minimum Gasteiger partial charge on any atom is -0.493 e. The fraction of sp³-hybridized carbons (Fsp3) is 0.611. The summed E-state index contributed by atoms with van der Waals surface area (Å²) in [5, 5.41) is 0.709. The smallest absolute Gasteiger partial charge is 0.140 e. The van der Waals surface area contributed by atoms with Crippen molar-refractivity contribution in [3.63, 3.8) is 0 Å². The number of carbonyl (C=O) groups is 1. The van der Waals surface area contributed by atoms with Gasteiger partial charge >= 0.3 is 0 Å². The van der Waals surface area contributed by atoms with Crippen molar-refractivity contribution < 1.29 is 9.53 Å². The van der Waals surface area contributed by atoms with Gasteiger partial charge in [0.05, 0.1) is 6.61 Å². The van der Waals surface area contributed by atoms with Crippen LogP contribution in [0, 0.1) is 19.8 Å². The fourth-order valence-corrected chi connectivity index (χ4v) is 3.00. The molecule has 1 aromatic carbocycles. The van der Waals surface area contributed by atoms with Crippen LogP contribution in [0.1, 0.15) is 63.1 Å². The Morgan fingerprint density at radius 3 is 2.38 bits per heavy atom. The van der Waals surface area contributed by atoms with Crippen molar-refractivity contribution in [3.8, 4) is 5.75 Å². The second-order valence-electron chi connectivity index (χ2n) is 5.93. The highest BCUT2D eigenvalue weighted by Gasteiger charge is 2.29. The molecule has 0 fully saturated rings.